The minimum absolute atomic E-state index is 0.597. The van der Waals surface area contributed by atoms with E-state index >= 15 is 0 Å². The van der Waals surface area contributed by atoms with Crippen molar-refractivity contribution < 1.29 is 4.39 Å². The molecule has 1 aliphatic rings. The molecular weight excluding hydrogens is 213 g/mol. The van der Waals surface area contributed by atoms with Crippen molar-refractivity contribution in [2.45, 2.75) is 44.2 Å². The zero-order valence-corrected chi connectivity index (χ0v) is 10.6. The maximum atomic E-state index is 14.3. The summed E-state index contributed by atoms with van der Waals surface area (Å²) in [6, 6.07) is 8.44. The monoisotopic (exact) mass is 235 g/mol. The predicted molar refractivity (Wildman–Crippen MR) is 70.1 cm³/mol. The SMILES string of the molecule is CNCCc1ccc(CC2(F)CCCC2)cc1. The molecule has 1 saturated carbocycles. The highest BCUT2D eigenvalue weighted by Crippen LogP contribution is 2.36. The van der Waals surface area contributed by atoms with E-state index in [-0.39, 0.29) is 0 Å². The van der Waals surface area contributed by atoms with E-state index < -0.39 is 5.67 Å². The molecule has 0 saturated heterocycles. The normalized spacial score (nSPS) is 18.5. The molecular formula is C15H22FN. The molecule has 1 aromatic carbocycles. The minimum atomic E-state index is -0.924. The molecule has 0 heterocycles. The van der Waals surface area contributed by atoms with E-state index in [9.17, 15) is 4.39 Å². The number of likely N-dealkylation sites (N-methyl/N-ethyl adjacent to an activating group) is 1. The van der Waals surface area contributed by atoms with Gasteiger partial charge in [-0.05, 0) is 44.0 Å². The maximum absolute atomic E-state index is 14.3. The Kier molecular flexibility index (Phi) is 4.16. The first-order valence-corrected chi connectivity index (χ1v) is 6.63. The molecule has 17 heavy (non-hydrogen) atoms. The maximum Gasteiger partial charge on any atom is 0.115 e. The number of rotatable bonds is 5. The van der Waals surface area contributed by atoms with Crippen molar-refractivity contribution in [3.63, 3.8) is 0 Å². The molecule has 0 aliphatic heterocycles. The molecule has 94 valence electrons. The molecule has 0 bridgehead atoms. The molecule has 0 radical (unpaired) electrons. The standard InChI is InChI=1S/C15H22FN/c1-17-11-8-13-4-6-14(7-5-13)12-15(16)9-2-3-10-15/h4-7,17H,2-3,8-12H2,1H3. The Morgan fingerprint density at radius 1 is 1.12 bits per heavy atom. The Hall–Kier alpha value is -0.890. The van der Waals surface area contributed by atoms with Gasteiger partial charge in [-0.1, -0.05) is 37.1 Å². The summed E-state index contributed by atoms with van der Waals surface area (Å²) in [5, 5.41) is 3.14. The predicted octanol–water partition coefficient (Wildman–Crippen LogP) is 3.27. The Balaban J connectivity index is 1.93. The number of alkyl halides is 1. The number of hydrogen-bond donors (Lipinski definition) is 1. The van der Waals surface area contributed by atoms with E-state index in [2.05, 4.69) is 29.6 Å². The zero-order chi connectivity index (χ0) is 12.1. The number of hydrogen-bond acceptors (Lipinski definition) is 1. The summed E-state index contributed by atoms with van der Waals surface area (Å²) in [6.07, 6.45) is 5.23. The molecule has 1 aliphatic carbocycles. The lowest BCUT2D eigenvalue weighted by atomic mass is 9.94. The van der Waals surface area contributed by atoms with Gasteiger partial charge < -0.3 is 5.32 Å². The minimum Gasteiger partial charge on any atom is -0.319 e. The largest absolute Gasteiger partial charge is 0.319 e. The molecule has 1 N–H and O–H groups in total. The summed E-state index contributed by atoms with van der Waals surface area (Å²) in [5.74, 6) is 0. The van der Waals surface area contributed by atoms with Gasteiger partial charge in [0.1, 0.15) is 5.67 Å². The van der Waals surface area contributed by atoms with Gasteiger partial charge in [-0.25, -0.2) is 4.39 Å². The van der Waals surface area contributed by atoms with Gasteiger partial charge in [0.2, 0.25) is 0 Å². The fourth-order valence-electron chi connectivity index (χ4n) is 2.64. The molecule has 0 unspecified atom stereocenters. The molecule has 0 atom stereocenters. The quantitative estimate of drug-likeness (QED) is 0.826. The first-order chi connectivity index (χ1) is 8.22. The molecule has 1 aromatic rings. The van der Waals surface area contributed by atoms with Gasteiger partial charge in [0, 0.05) is 6.42 Å². The van der Waals surface area contributed by atoms with E-state index in [1.807, 2.05) is 7.05 Å². The van der Waals surface area contributed by atoms with Crippen LogP contribution in [0.1, 0.15) is 36.8 Å². The summed E-state index contributed by atoms with van der Waals surface area (Å²) in [7, 11) is 1.96. The van der Waals surface area contributed by atoms with Crippen molar-refractivity contribution in [3.8, 4) is 0 Å². The van der Waals surface area contributed by atoms with Gasteiger partial charge in [0.15, 0.2) is 0 Å². The number of benzene rings is 1. The molecule has 2 rings (SSSR count). The highest BCUT2D eigenvalue weighted by Gasteiger charge is 2.33. The Bertz CT molecular complexity index is 338. The second kappa shape index (κ2) is 5.63. The van der Waals surface area contributed by atoms with E-state index in [0.29, 0.717) is 6.42 Å². The third kappa shape index (κ3) is 3.53. The highest BCUT2D eigenvalue weighted by molar-refractivity contribution is 5.24. The summed E-state index contributed by atoms with van der Waals surface area (Å²) in [5.41, 5.74) is 1.54. The lowest BCUT2D eigenvalue weighted by Crippen LogP contribution is -2.21. The first-order valence-electron chi connectivity index (χ1n) is 6.63. The summed E-state index contributed by atoms with van der Waals surface area (Å²) >= 11 is 0. The average molecular weight is 235 g/mol. The van der Waals surface area contributed by atoms with E-state index in [1.165, 1.54) is 5.56 Å². The van der Waals surface area contributed by atoms with Crippen LogP contribution in [0.25, 0.3) is 0 Å². The van der Waals surface area contributed by atoms with Crippen molar-refractivity contribution in [1.82, 2.24) is 5.32 Å². The van der Waals surface area contributed by atoms with Gasteiger partial charge in [-0.2, -0.15) is 0 Å². The molecule has 1 fully saturated rings. The van der Waals surface area contributed by atoms with Gasteiger partial charge in [0.05, 0.1) is 0 Å². The average Bonchev–Trinajstić information content (AvgIpc) is 2.75. The summed E-state index contributed by atoms with van der Waals surface area (Å²) < 4.78 is 14.3. The Morgan fingerprint density at radius 3 is 2.29 bits per heavy atom. The van der Waals surface area contributed by atoms with Crippen LogP contribution in [0.15, 0.2) is 24.3 Å². The van der Waals surface area contributed by atoms with Crippen LogP contribution >= 0.6 is 0 Å². The second-order valence-corrected chi connectivity index (χ2v) is 5.20. The molecule has 0 amide bonds. The second-order valence-electron chi connectivity index (χ2n) is 5.20. The molecule has 2 heteroatoms. The lowest BCUT2D eigenvalue weighted by molar-refractivity contribution is 0.173. The third-order valence-corrected chi connectivity index (χ3v) is 3.71. The van der Waals surface area contributed by atoms with Crippen LogP contribution in [0.2, 0.25) is 0 Å². The van der Waals surface area contributed by atoms with E-state index in [4.69, 9.17) is 0 Å². The van der Waals surface area contributed by atoms with Gasteiger partial charge in [-0.15, -0.1) is 0 Å². The molecule has 0 spiro atoms. The van der Waals surface area contributed by atoms with Crippen LogP contribution in [0, 0.1) is 0 Å². The third-order valence-electron chi connectivity index (χ3n) is 3.71. The summed E-state index contributed by atoms with van der Waals surface area (Å²) in [4.78, 5) is 0. The Labute approximate surface area is 103 Å². The van der Waals surface area contributed by atoms with Crippen LogP contribution in [-0.4, -0.2) is 19.3 Å². The summed E-state index contributed by atoms with van der Waals surface area (Å²) in [6.45, 7) is 0.992. The van der Waals surface area contributed by atoms with Crippen molar-refractivity contribution in [2.24, 2.45) is 0 Å². The van der Waals surface area contributed by atoms with Crippen molar-refractivity contribution >= 4 is 0 Å². The highest BCUT2D eigenvalue weighted by atomic mass is 19.1. The van der Waals surface area contributed by atoms with Crippen LogP contribution in [0.5, 0.6) is 0 Å². The van der Waals surface area contributed by atoms with Crippen molar-refractivity contribution in [2.75, 3.05) is 13.6 Å². The first kappa shape index (κ1) is 12.6. The van der Waals surface area contributed by atoms with Crippen LogP contribution in [0.3, 0.4) is 0 Å². The molecule has 0 aromatic heterocycles. The molecule has 1 nitrogen and oxygen atoms in total. The topological polar surface area (TPSA) is 12.0 Å². The van der Waals surface area contributed by atoms with Crippen LogP contribution in [-0.2, 0) is 12.8 Å². The van der Waals surface area contributed by atoms with Crippen molar-refractivity contribution in [1.29, 1.82) is 0 Å². The van der Waals surface area contributed by atoms with Gasteiger partial charge >= 0.3 is 0 Å². The lowest BCUT2D eigenvalue weighted by Gasteiger charge is -2.18. The zero-order valence-electron chi connectivity index (χ0n) is 10.6. The van der Waals surface area contributed by atoms with Gasteiger partial charge in [-0.3, -0.25) is 0 Å². The van der Waals surface area contributed by atoms with Crippen molar-refractivity contribution in [3.05, 3.63) is 35.4 Å². The smallest absolute Gasteiger partial charge is 0.115 e. The number of halogens is 1. The van der Waals surface area contributed by atoms with Crippen LogP contribution < -0.4 is 5.32 Å². The fraction of sp³-hybridized carbons (Fsp3) is 0.600. The van der Waals surface area contributed by atoms with E-state index in [1.54, 1.807) is 0 Å². The van der Waals surface area contributed by atoms with E-state index in [0.717, 1.165) is 44.2 Å². The number of nitrogens with one attached hydrogen (secondary N) is 1. The fourth-order valence-corrected chi connectivity index (χ4v) is 2.64. The Morgan fingerprint density at radius 2 is 1.71 bits per heavy atom. The van der Waals surface area contributed by atoms with Crippen LogP contribution in [0.4, 0.5) is 4.39 Å². The van der Waals surface area contributed by atoms with Gasteiger partial charge in [0.25, 0.3) is 0 Å².